The molecule has 0 aliphatic heterocycles. The fraction of sp³-hybridized carbons (Fsp3) is 0.375. The molecule has 24 heavy (non-hydrogen) atoms. The lowest BCUT2D eigenvalue weighted by Gasteiger charge is -2.22. The molecule has 1 saturated carbocycles. The van der Waals surface area contributed by atoms with Crippen molar-refractivity contribution in [3.05, 3.63) is 41.7 Å². The standard InChI is InChI=1S/C16H19N3O4S/c1-3-19(13-8-6-12(7-9-13)16(20)21)24(22,23)14-10-18(2)17-15(14)11-4-5-11/h6-11H,3-5H2,1-2H3,(H,20,21). The lowest BCUT2D eigenvalue weighted by molar-refractivity contribution is 0.0697. The predicted molar refractivity (Wildman–Crippen MR) is 88.8 cm³/mol. The van der Waals surface area contributed by atoms with Crippen molar-refractivity contribution in [3.63, 3.8) is 0 Å². The Morgan fingerprint density at radius 2 is 1.96 bits per heavy atom. The normalized spacial score (nSPS) is 14.6. The minimum atomic E-state index is -3.75. The highest BCUT2D eigenvalue weighted by Crippen LogP contribution is 2.42. The molecule has 0 unspecified atom stereocenters. The van der Waals surface area contributed by atoms with Gasteiger partial charge in [-0.25, -0.2) is 13.2 Å². The number of carboxylic acid groups (broad SMARTS) is 1. The van der Waals surface area contributed by atoms with E-state index in [-0.39, 0.29) is 22.9 Å². The van der Waals surface area contributed by atoms with Crippen LogP contribution >= 0.6 is 0 Å². The average molecular weight is 349 g/mol. The molecule has 1 heterocycles. The zero-order valence-corrected chi connectivity index (χ0v) is 14.3. The smallest absolute Gasteiger partial charge is 0.335 e. The lowest BCUT2D eigenvalue weighted by atomic mass is 10.2. The first kappa shape index (κ1) is 16.5. The molecule has 128 valence electrons. The van der Waals surface area contributed by atoms with Gasteiger partial charge in [0.15, 0.2) is 0 Å². The number of carboxylic acids is 1. The third kappa shape index (κ3) is 2.89. The number of carbonyl (C=O) groups is 1. The maximum absolute atomic E-state index is 13.1. The highest BCUT2D eigenvalue weighted by Gasteiger charge is 2.36. The fourth-order valence-electron chi connectivity index (χ4n) is 2.70. The number of anilines is 1. The van der Waals surface area contributed by atoms with E-state index in [0.717, 1.165) is 12.8 Å². The van der Waals surface area contributed by atoms with Crippen LogP contribution in [0.25, 0.3) is 0 Å². The van der Waals surface area contributed by atoms with E-state index in [1.807, 2.05) is 0 Å². The Balaban J connectivity index is 2.01. The first-order valence-electron chi connectivity index (χ1n) is 7.74. The van der Waals surface area contributed by atoms with Crippen molar-refractivity contribution in [2.24, 2.45) is 7.05 Å². The number of hydrogen-bond acceptors (Lipinski definition) is 4. The summed E-state index contributed by atoms with van der Waals surface area (Å²) in [5, 5.41) is 13.3. The van der Waals surface area contributed by atoms with Crippen molar-refractivity contribution in [2.45, 2.75) is 30.6 Å². The van der Waals surface area contributed by atoms with E-state index in [1.54, 1.807) is 14.0 Å². The van der Waals surface area contributed by atoms with E-state index >= 15 is 0 Å². The van der Waals surface area contributed by atoms with E-state index in [1.165, 1.54) is 39.4 Å². The van der Waals surface area contributed by atoms with Gasteiger partial charge < -0.3 is 5.11 Å². The number of nitrogens with zero attached hydrogens (tertiary/aromatic N) is 3. The van der Waals surface area contributed by atoms with E-state index in [9.17, 15) is 13.2 Å². The highest BCUT2D eigenvalue weighted by molar-refractivity contribution is 7.92. The second-order valence-corrected chi connectivity index (χ2v) is 7.68. The lowest BCUT2D eigenvalue weighted by Crippen LogP contribution is -2.31. The molecule has 1 aromatic carbocycles. The van der Waals surface area contributed by atoms with E-state index in [0.29, 0.717) is 11.4 Å². The second kappa shape index (κ2) is 5.94. The first-order chi connectivity index (χ1) is 11.3. The summed E-state index contributed by atoms with van der Waals surface area (Å²) < 4.78 is 29.0. The molecule has 1 N–H and O–H groups in total. The molecule has 0 spiro atoms. The largest absolute Gasteiger partial charge is 0.478 e. The SMILES string of the molecule is CCN(c1ccc(C(=O)O)cc1)S(=O)(=O)c1cn(C)nc1C1CC1. The van der Waals surface area contributed by atoms with Crippen LogP contribution in [-0.4, -0.2) is 35.8 Å². The summed E-state index contributed by atoms with van der Waals surface area (Å²) in [6, 6.07) is 5.83. The van der Waals surface area contributed by atoms with E-state index < -0.39 is 16.0 Å². The van der Waals surface area contributed by atoms with Gasteiger partial charge in [0.25, 0.3) is 10.0 Å². The number of sulfonamides is 1. The van der Waals surface area contributed by atoms with Gasteiger partial charge in [-0.1, -0.05) is 0 Å². The van der Waals surface area contributed by atoms with E-state index in [4.69, 9.17) is 5.11 Å². The van der Waals surface area contributed by atoms with Crippen LogP contribution in [0.4, 0.5) is 5.69 Å². The highest BCUT2D eigenvalue weighted by atomic mass is 32.2. The molecule has 3 rings (SSSR count). The number of benzene rings is 1. The number of hydrogen-bond donors (Lipinski definition) is 1. The van der Waals surface area contributed by atoms with Crippen molar-refractivity contribution in [1.82, 2.24) is 9.78 Å². The molecule has 1 aliphatic rings. The molecule has 0 bridgehead atoms. The molecule has 0 amide bonds. The van der Waals surface area contributed by atoms with Crippen LogP contribution in [0.5, 0.6) is 0 Å². The van der Waals surface area contributed by atoms with Crippen molar-refractivity contribution < 1.29 is 18.3 Å². The molecule has 7 nitrogen and oxygen atoms in total. The van der Waals surface area contributed by atoms with Gasteiger partial charge >= 0.3 is 5.97 Å². The van der Waals surface area contributed by atoms with Crippen molar-refractivity contribution in [2.75, 3.05) is 10.8 Å². The molecular formula is C16H19N3O4S. The van der Waals surface area contributed by atoms with Crippen LogP contribution in [0.1, 0.15) is 41.7 Å². The maximum Gasteiger partial charge on any atom is 0.335 e. The fourth-order valence-corrected chi connectivity index (χ4v) is 4.44. The van der Waals surface area contributed by atoms with Crippen LogP contribution in [0.3, 0.4) is 0 Å². The number of aromatic carboxylic acids is 1. The van der Waals surface area contributed by atoms with E-state index in [2.05, 4.69) is 5.10 Å². The van der Waals surface area contributed by atoms with Gasteiger partial charge in [-0.2, -0.15) is 5.10 Å². The van der Waals surface area contributed by atoms with Gasteiger partial charge in [0.1, 0.15) is 4.90 Å². The zero-order valence-electron chi connectivity index (χ0n) is 13.5. The molecule has 0 saturated heterocycles. The van der Waals surface area contributed by atoms with Crippen LogP contribution in [-0.2, 0) is 17.1 Å². The monoisotopic (exact) mass is 349 g/mol. The van der Waals surface area contributed by atoms with Crippen LogP contribution in [0, 0.1) is 0 Å². The summed E-state index contributed by atoms with van der Waals surface area (Å²) in [6.07, 6.45) is 3.45. The van der Waals surface area contributed by atoms with Crippen LogP contribution in [0.2, 0.25) is 0 Å². The van der Waals surface area contributed by atoms with Crippen molar-refractivity contribution in [1.29, 1.82) is 0 Å². The zero-order chi connectivity index (χ0) is 17.5. The maximum atomic E-state index is 13.1. The number of aryl methyl sites for hydroxylation is 1. The Bertz CT molecular complexity index is 867. The third-order valence-corrected chi connectivity index (χ3v) is 5.96. The molecule has 1 aliphatic carbocycles. The molecule has 0 atom stereocenters. The molecule has 1 aromatic heterocycles. The van der Waals surface area contributed by atoms with Gasteiger partial charge in [-0.3, -0.25) is 8.99 Å². The summed E-state index contributed by atoms with van der Waals surface area (Å²) in [5.74, 6) is -0.834. The number of rotatable bonds is 6. The van der Waals surface area contributed by atoms with Crippen molar-refractivity contribution >= 4 is 21.7 Å². The Labute approximate surface area is 140 Å². The molecule has 8 heteroatoms. The third-order valence-electron chi connectivity index (χ3n) is 4.04. The number of aromatic nitrogens is 2. The average Bonchev–Trinajstić information content (AvgIpc) is 3.30. The van der Waals surface area contributed by atoms with Gasteiger partial charge in [0.05, 0.1) is 16.9 Å². The van der Waals surface area contributed by atoms with Gasteiger partial charge in [0.2, 0.25) is 0 Å². The minimum Gasteiger partial charge on any atom is -0.478 e. The first-order valence-corrected chi connectivity index (χ1v) is 9.18. The summed E-state index contributed by atoms with van der Waals surface area (Å²) in [5.41, 5.74) is 1.18. The predicted octanol–water partition coefficient (Wildman–Crippen LogP) is 2.21. The van der Waals surface area contributed by atoms with Gasteiger partial charge in [-0.05, 0) is 44.0 Å². The van der Waals surface area contributed by atoms with Crippen LogP contribution in [0.15, 0.2) is 35.4 Å². The Morgan fingerprint density at radius 3 is 2.46 bits per heavy atom. The Kier molecular flexibility index (Phi) is 4.08. The quantitative estimate of drug-likeness (QED) is 0.863. The Morgan fingerprint density at radius 1 is 1.33 bits per heavy atom. The van der Waals surface area contributed by atoms with Crippen molar-refractivity contribution in [3.8, 4) is 0 Å². The second-order valence-electron chi connectivity index (χ2n) is 5.85. The summed E-state index contributed by atoms with van der Waals surface area (Å²) in [4.78, 5) is 11.2. The molecule has 1 fully saturated rings. The topological polar surface area (TPSA) is 92.5 Å². The molecule has 2 aromatic rings. The van der Waals surface area contributed by atoms with Gasteiger partial charge in [0, 0.05) is 25.7 Å². The summed E-state index contributed by atoms with van der Waals surface area (Å²) >= 11 is 0. The summed E-state index contributed by atoms with van der Waals surface area (Å²) in [7, 11) is -2.04. The molecule has 0 radical (unpaired) electrons. The Hall–Kier alpha value is -2.35. The minimum absolute atomic E-state index is 0.118. The summed E-state index contributed by atoms with van der Waals surface area (Å²) in [6.45, 7) is 1.99. The van der Waals surface area contributed by atoms with Gasteiger partial charge in [-0.15, -0.1) is 0 Å². The molecular weight excluding hydrogens is 330 g/mol. The van der Waals surface area contributed by atoms with Crippen LogP contribution < -0.4 is 4.31 Å².